The maximum atomic E-state index is 12.3. The van der Waals surface area contributed by atoms with Crippen molar-refractivity contribution in [2.24, 2.45) is 0 Å². The Balaban J connectivity index is 1.44. The molecule has 7 heteroatoms. The molecule has 1 saturated heterocycles. The van der Waals surface area contributed by atoms with E-state index in [1.807, 2.05) is 24.3 Å². The Kier molecular flexibility index (Phi) is 5.77. The third-order valence-corrected chi connectivity index (χ3v) is 4.09. The van der Waals surface area contributed by atoms with Gasteiger partial charge >= 0.3 is 0 Å². The highest BCUT2D eigenvalue weighted by molar-refractivity contribution is 5.81. The third kappa shape index (κ3) is 4.89. The number of morpholine rings is 1. The molecule has 0 spiro atoms. The summed E-state index contributed by atoms with van der Waals surface area (Å²) in [5, 5.41) is 15.7. The van der Waals surface area contributed by atoms with Crippen molar-refractivity contribution in [2.75, 3.05) is 26.2 Å². The van der Waals surface area contributed by atoms with Crippen LogP contribution in [0.15, 0.2) is 42.7 Å². The van der Waals surface area contributed by atoms with E-state index in [4.69, 9.17) is 10.00 Å². The number of hydrogen-bond donors (Lipinski definition) is 1. The lowest BCUT2D eigenvalue weighted by Gasteiger charge is -2.32. The highest BCUT2D eigenvalue weighted by atomic mass is 16.5. The van der Waals surface area contributed by atoms with E-state index < -0.39 is 6.10 Å². The SMILES string of the molecule is N#Cc1cnn(CCNC(=O)[C@@H]2CN(Cc3ccccc3)CCO2)c1. The number of benzene rings is 1. The molecule has 1 fully saturated rings. The van der Waals surface area contributed by atoms with Crippen molar-refractivity contribution >= 4 is 5.91 Å². The first kappa shape index (κ1) is 17.1. The van der Waals surface area contributed by atoms with Gasteiger partial charge in [-0.1, -0.05) is 30.3 Å². The number of rotatable bonds is 6. The van der Waals surface area contributed by atoms with Gasteiger partial charge in [0, 0.05) is 32.4 Å². The van der Waals surface area contributed by atoms with Gasteiger partial charge in [0.15, 0.2) is 0 Å². The Labute approximate surface area is 146 Å². The average molecular weight is 339 g/mol. The van der Waals surface area contributed by atoms with Crippen LogP contribution in [-0.2, 0) is 22.6 Å². The van der Waals surface area contributed by atoms with Crippen LogP contribution in [0.5, 0.6) is 0 Å². The lowest BCUT2D eigenvalue weighted by atomic mass is 10.2. The summed E-state index contributed by atoms with van der Waals surface area (Å²) >= 11 is 0. The van der Waals surface area contributed by atoms with Crippen molar-refractivity contribution in [2.45, 2.75) is 19.2 Å². The molecule has 2 aromatic rings. The molecule has 0 saturated carbocycles. The second kappa shape index (κ2) is 8.42. The number of nitriles is 1. The third-order valence-electron chi connectivity index (χ3n) is 4.09. The molecule has 1 N–H and O–H groups in total. The number of ether oxygens (including phenoxy) is 1. The first-order valence-electron chi connectivity index (χ1n) is 8.33. The van der Waals surface area contributed by atoms with Crippen LogP contribution in [-0.4, -0.2) is 52.9 Å². The molecule has 1 atom stereocenters. The zero-order chi connectivity index (χ0) is 17.5. The van der Waals surface area contributed by atoms with Crippen molar-refractivity contribution in [1.82, 2.24) is 20.0 Å². The Hall–Kier alpha value is -2.69. The van der Waals surface area contributed by atoms with Gasteiger partial charge in [0.05, 0.1) is 24.9 Å². The van der Waals surface area contributed by atoms with E-state index in [1.165, 1.54) is 11.8 Å². The van der Waals surface area contributed by atoms with E-state index in [2.05, 4.69) is 27.4 Å². The monoisotopic (exact) mass is 339 g/mol. The van der Waals surface area contributed by atoms with Crippen molar-refractivity contribution in [3.63, 3.8) is 0 Å². The van der Waals surface area contributed by atoms with Crippen molar-refractivity contribution in [3.05, 3.63) is 53.9 Å². The standard InChI is InChI=1S/C18H21N5O2/c19-10-16-11-21-23(13-16)7-6-20-18(24)17-14-22(8-9-25-17)12-15-4-2-1-3-5-15/h1-5,11,13,17H,6-9,12,14H2,(H,20,24)/t17-/m0/s1. The highest BCUT2D eigenvalue weighted by Crippen LogP contribution is 2.10. The number of carbonyl (C=O) groups is 1. The van der Waals surface area contributed by atoms with Crippen LogP contribution in [0.3, 0.4) is 0 Å². The Morgan fingerprint density at radius 3 is 3.00 bits per heavy atom. The predicted molar refractivity (Wildman–Crippen MR) is 91.4 cm³/mol. The fraction of sp³-hybridized carbons (Fsp3) is 0.389. The topological polar surface area (TPSA) is 83.2 Å². The van der Waals surface area contributed by atoms with Gasteiger partial charge in [0.1, 0.15) is 12.2 Å². The largest absolute Gasteiger partial charge is 0.366 e. The van der Waals surface area contributed by atoms with E-state index in [-0.39, 0.29) is 5.91 Å². The summed E-state index contributed by atoms with van der Waals surface area (Å²) in [6.07, 6.45) is 2.71. The smallest absolute Gasteiger partial charge is 0.250 e. The minimum Gasteiger partial charge on any atom is -0.366 e. The normalized spacial score (nSPS) is 17.8. The van der Waals surface area contributed by atoms with Gasteiger partial charge in [-0.05, 0) is 5.56 Å². The molecule has 25 heavy (non-hydrogen) atoms. The minimum atomic E-state index is -0.454. The summed E-state index contributed by atoms with van der Waals surface area (Å²) in [6, 6.07) is 12.2. The Bertz CT molecular complexity index is 737. The van der Waals surface area contributed by atoms with Crippen LogP contribution in [0.25, 0.3) is 0 Å². The zero-order valence-corrected chi connectivity index (χ0v) is 14.0. The van der Waals surface area contributed by atoms with Gasteiger partial charge in [-0.25, -0.2) is 0 Å². The quantitative estimate of drug-likeness (QED) is 0.841. The number of nitrogens with one attached hydrogen (secondary N) is 1. The van der Waals surface area contributed by atoms with Crippen LogP contribution in [0, 0.1) is 11.3 Å². The molecule has 1 amide bonds. The first-order chi connectivity index (χ1) is 12.2. The molecule has 2 heterocycles. The number of carbonyl (C=O) groups excluding carboxylic acids is 1. The second-order valence-electron chi connectivity index (χ2n) is 5.98. The predicted octanol–water partition coefficient (Wildman–Crippen LogP) is 0.772. The maximum Gasteiger partial charge on any atom is 0.250 e. The van der Waals surface area contributed by atoms with Crippen molar-refractivity contribution in [3.8, 4) is 6.07 Å². The average Bonchev–Trinajstić information content (AvgIpc) is 3.11. The fourth-order valence-corrected chi connectivity index (χ4v) is 2.80. The van der Waals surface area contributed by atoms with Crippen molar-refractivity contribution in [1.29, 1.82) is 5.26 Å². The summed E-state index contributed by atoms with van der Waals surface area (Å²) in [5.41, 5.74) is 1.74. The maximum absolute atomic E-state index is 12.3. The van der Waals surface area contributed by atoms with Gasteiger partial charge < -0.3 is 10.1 Å². The number of amides is 1. The van der Waals surface area contributed by atoms with Gasteiger partial charge in [-0.2, -0.15) is 10.4 Å². The van der Waals surface area contributed by atoms with Crippen LogP contribution in [0.2, 0.25) is 0 Å². The molecule has 130 valence electrons. The number of aromatic nitrogens is 2. The van der Waals surface area contributed by atoms with Gasteiger partial charge in [-0.15, -0.1) is 0 Å². The highest BCUT2D eigenvalue weighted by Gasteiger charge is 2.26. The summed E-state index contributed by atoms with van der Waals surface area (Å²) in [4.78, 5) is 14.5. The van der Waals surface area contributed by atoms with Crippen LogP contribution in [0.1, 0.15) is 11.1 Å². The van der Waals surface area contributed by atoms with Crippen molar-refractivity contribution < 1.29 is 9.53 Å². The van der Waals surface area contributed by atoms with E-state index in [0.29, 0.717) is 31.8 Å². The lowest BCUT2D eigenvalue weighted by Crippen LogP contribution is -2.49. The van der Waals surface area contributed by atoms with Gasteiger partial charge in [0.25, 0.3) is 5.91 Å². The summed E-state index contributed by atoms with van der Waals surface area (Å²) in [7, 11) is 0. The van der Waals surface area contributed by atoms with Crippen LogP contribution >= 0.6 is 0 Å². The molecule has 7 nitrogen and oxygen atoms in total. The summed E-state index contributed by atoms with van der Waals surface area (Å²) in [6.45, 7) is 3.75. The van der Waals surface area contributed by atoms with Gasteiger partial charge in [0.2, 0.25) is 0 Å². The molecule has 0 bridgehead atoms. The molecule has 0 unspecified atom stereocenters. The Morgan fingerprint density at radius 2 is 2.24 bits per heavy atom. The fourth-order valence-electron chi connectivity index (χ4n) is 2.80. The molecule has 1 aliphatic heterocycles. The summed E-state index contributed by atoms with van der Waals surface area (Å²) in [5.74, 6) is -0.106. The lowest BCUT2D eigenvalue weighted by molar-refractivity contribution is -0.138. The van der Waals surface area contributed by atoms with E-state index in [1.54, 1.807) is 10.9 Å². The molecule has 1 aliphatic rings. The number of hydrogen-bond acceptors (Lipinski definition) is 5. The van der Waals surface area contributed by atoms with Gasteiger partial charge in [-0.3, -0.25) is 14.4 Å². The molecule has 0 radical (unpaired) electrons. The minimum absolute atomic E-state index is 0.106. The van der Waals surface area contributed by atoms with E-state index >= 15 is 0 Å². The number of nitrogens with zero attached hydrogens (tertiary/aromatic N) is 4. The molecule has 0 aliphatic carbocycles. The molecule has 1 aromatic carbocycles. The Morgan fingerprint density at radius 1 is 1.40 bits per heavy atom. The molecular weight excluding hydrogens is 318 g/mol. The molecule has 3 rings (SSSR count). The second-order valence-corrected chi connectivity index (χ2v) is 5.98. The molecule has 1 aromatic heterocycles. The van der Waals surface area contributed by atoms with Crippen LogP contribution in [0.4, 0.5) is 0 Å². The van der Waals surface area contributed by atoms with Crippen LogP contribution < -0.4 is 5.32 Å². The molecular formula is C18H21N5O2. The van der Waals surface area contributed by atoms with E-state index in [0.717, 1.165) is 13.1 Å². The summed E-state index contributed by atoms with van der Waals surface area (Å²) < 4.78 is 7.25. The first-order valence-corrected chi connectivity index (χ1v) is 8.33. The zero-order valence-electron chi connectivity index (χ0n) is 14.0. The van der Waals surface area contributed by atoms with E-state index in [9.17, 15) is 4.79 Å².